The van der Waals surface area contributed by atoms with Gasteiger partial charge in [-0.05, 0) is 37.1 Å². The van der Waals surface area contributed by atoms with Gasteiger partial charge in [0.2, 0.25) is 5.91 Å². The van der Waals surface area contributed by atoms with E-state index < -0.39 is 0 Å². The number of aromatic nitrogens is 1. The van der Waals surface area contributed by atoms with Crippen LogP contribution in [0.3, 0.4) is 0 Å². The molecule has 0 radical (unpaired) electrons. The fraction of sp³-hybridized carbons (Fsp3) is 0.458. The number of unbranched alkanes of at least 4 members (excludes halogenated alkanes) is 3. The predicted octanol–water partition coefficient (Wildman–Crippen LogP) is 3.86. The van der Waals surface area contributed by atoms with Crippen LogP contribution in [0.25, 0.3) is 0 Å². The monoisotopic (exact) mass is 436 g/mol. The molecule has 3 amide bonds. The summed E-state index contributed by atoms with van der Waals surface area (Å²) < 4.78 is 12.2. The van der Waals surface area contributed by atoms with Gasteiger partial charge in [-0.25, -0.2) is 9.78 Å². The summed E-state index contributed by atoms with van der Waals surface area (Å²) in [4.78, 5) is 28.1. The third kappa shape index (κ3) is 4.09. The van der Waals surface area contributed by atoms with Crippen LogP contribution in [0.5, 0.6) is 17.2 Å². The predicted molar refractivity (Wildman–Crippen MR) is 119 cm³/mol. The Kier molecular flexibility index (Phi) is 5.59. The molecule has 8 heteroatoms. The number of carbonyl (C=O) groups excluding carboxylic acids is 2. The number of pyridine rings is 1. The Bertz CT molecular complexity index is 1040. The smallest absolute Gasteiger partial charge is 0.315 e. The Labute approximate surface area is 187 Å². The van der Waals surface area contributed by atoms with Crippen molar-refractivity contribution >= 4 is 17.8 Å². The highest BCUT2D eigenvalue weighted by atomic mass is 16.5. The Morgan fingerprint density at radius 2 is 2.16 bits per heavy atom. The van der Waals surface area contributed by atoms with E-state index in [-0.39, 0.29) is 30.0 Å². The summed E-state index contributed by atoms with van der Waals surface area (Å²) in [6, 6.07) is 7.44. The number of ether oxygens (including phenoxy) is 2. The number of anilines is 1. The Morgan fingerprint density at radius 1 is 1.25 bits per heavy atom. The van der Waals surface area contributed by atoms with E-state index in [0.717, 1.165) is 29.7 Å². The van der Waals surface area contributed by atoms with Gasteiger partial charge in [-0.1, -0.05) is 26.2 Å². The normalized spacial score (nSPS) is 22.0. The van der Waals surface area contributed by atoms with E-state index in [0.29, 0.717) is 36.7 Å². The molecule has 0 spiro atoms. The van der Waals surface area contributed by atoms with Gasteiger partial charge in [-0.2, -0.15) is 0 Å². The number of hydrogen-bond acceptors (Lipinski definition) is 5. The number of benzene rings is 1. The number of urea groups is 1. The third-order valence-corrected chi connectivity index (χ3v) is 6.27. The molecular weight excluding hydrogens is 408 g/mol. The summed E-state index contributed by atoms with van der Waals surface area (Å²) >= 11 is 0. The van der Waals surface area contributed by atoms with Crippen molar-refractivity contribution in [2.75, 3.05) is 11.9 Å². The van der Waals surface area contributed by atoms with E-state index >= 15 is 0 Å². The third-order valence-electron chi connectivity index (χ3n) is 6.27. The Hall–Kier alpha value is -3.29. The summed E-state index contributed by atoms with van der Waals surface area (Å²) in [5, 5.41) is 8.77. The average Bonchev–Trinajstić information content (AvgIpc) is 3.30. The maximum Gasteiger partial charge on any atom is 0.315 e. The molecule has 1 saturated carbocycles. The molecule has 3 aliphatic rings. The quantitative estimate of drug-likeness (QED) is 0.546. The lowest BCUT2D eigenvalue weighted by Crippen LogP contribution is -2.39. The minimum atomic E-state index is -0.135. The molecule has 1 aliphatic carbocycles. The van der Waals surface area contributed by atoms with E-state index in [1.807, 2.05) is 24.3 Å². The highest BCUT2D eigenvalue weighted by Crippen LogP contribution is 2.54. The lowest BCUT2D eigenvalue weighted by Gasteiger charge is -2.19. The molecular formula is C24H28N4O4. The standard InChI is InChI=1S/C24H28N4O4/c1-2-3-4-5-11-26-24(30)28-21-20-16-13-14(6-8-17(16)32-22(20)21)31-18-10-12-25-23-15(18)7-9-19(29)27-23/h6,8,10,12-13,20-22H,2-5,7,9,11H2,1H3,(H,25,27,29)(H2,26,28,30)/t20-,21+,22-/m0/s1. The van der Waals surface area contributed by atoms with Crippen LogP contribution in [0.2, 0.25) is 0 Å². The summed E-state index contributed by atoms with van der Waals surface area (Å²) in [5.41, 5.74) is 1.96. The van der Waals surface area contributed by atoms with Crippen molar-refractivity contribution in [3.05, 3.63) is 41.6 Å². The second kappa shape index (κ2) is 8.68. The van der Waals surface area contributed by atoms with Gasteiger partial charge < -0.3 is 25.4 Å². The molecule has 2 aromatic rings. The molecule has 32 heavy (non-hydrogen) atoms. The van der Waals surface area contributed by atoms with Crippen LogP contribution < -0.4 is 25.4 Å². The van der Waals surface area contributed by atoms with Crippen LogP contribution in [0.15, 0.2) is 30.5 Å². The van der Waals surface area contributed by atoms with Gasteiger partial charge >= 0.3 is 6.03 Å². The molecule has 1 fully saturated rings. The molecule has 3 N–H and O–H groups in total. The van der Waals surface area contributed by atoms with E-state index in [9.17, 15) is 9.59 Å². The van der Waals surface area contributed by atoms with E-state index in [1.54, 1.807) is 6.20 Å². The molecule has 0 bridgehead atoms. The van der Waals surface area contributed by atoms with Crippen LogP contribution in [-0.4, -0.2) is 35.6 Å². The maximum absolute atomic E-state index is 12.2. The molecule has 0 saturated heterocycles. The van der Waals surface area contributed by atoms with Gasteiger partial charge in [0, 0.05) is 30.3 Å². The van der Waals surface area contributed by atoms with Crippen LogP contribution in [-0.2, 0) is 11.2 Å². The zero-order valence-electron chi connectivity index (χ0n) is 18.1. The fourth-order valence-electron chi connectivity index (χ4n) is 4.51. The van der Waals surface area contributed by atoms with Crippen LogP contribution in [0, 0.1) is 0 Å². The first-order chi connectivity index (χ1) is 15.6. The summed E-state index contributed by atoms with van der Waals surface area (Å²) in [5.74, 6) is 2.91. The van der Waals surface area contributed by atoms with Crippen LogP contribution in [0.4, 0.5) is 10.6 Å². The van der Waals surface area contributed by atoms with E-state index in [1.165, 1.54) is 12.8 Å². The average molecular weight is 437 g/mol. The summed E-state index contributed by atoms with van der Waals surface area (Å²) in [7, 11) is 0. The molecule has 2 aliphatic heterocycles. The zero-order valence-corrected chi connectivity index (χ0v) is 18.1. The zero-order chi connectivity index (χ0) is 22.1. The van der Waals surface area contributed by atoms with Crippen molar-refractivity contribution in [1.82, 2.24) is 15.6 Å². The van der Waals surface area contributed by atoms with Crippen molar-refractivity contribution in [3.8, 4) is 17.2 Å². The van der Waals surface area contributed by atoms with Crippen molar-refractivity contribution in [2.24, 2.45) is 0 Å². The van der Waals surface area contributed by atoms with Crippen LogP contribution >= 0.6 is 0 Å². The van der Waals surface area contributed by atoms with Crippen LogP contribution in [0.1, 0.15) is 56.1 Å². The first-order valence-corrected chi connectivity index (χ1v) is 11.4. The van der Waals surface area contributed by atoms with Gasteiger partial charge in [-0.15, -0.1) is 0 Å². The maximum atomic E-state index is 12.2. The SMILES string of the molecule is CCCCCCNC(=O)N[C@H]1[C@H]2Oc3ccc(Oc4ccnc5c4CCC(=O)N5)cc3[C@@H]12. The first kappa shape index (κ1) is 20.6. The molecule has 1 aromatic carbocycles. The van der Waals surface area contributed by atoms with E-state index in [4.69, 9.17) is 9.47 Å². The highest BCUT2D eigenvalue weighted by molar-refractivity contribution is 5.93. The summed E-state index contributed by atoms with van der Waals surface area (Å²) in [6.45, 7) is 2.87. The molecule has 5 rings (SSSR count). The molecule has 1 aromatic heterocycles. The van der Waals surface area contributed by atoms with Gasteiger partial charge in [0.15, 0.2) is 0 Å². The largest absolute Gasteiger partial charge is 0.487 e. The van der Waals surface area contributed by atoms with Crippen molar-refractivity contribution in [1.29, 1.82) is 0 Å². The fourth-order valence-corrected chi connectivity index (χ4v) is 4.51. The minimum absolute atomic E-state index is 0.0164. The highest BCUT2D eigenvalue weighted by Gasteiger charge is 2.59. The van der Waals surface area contributed by atoms with Crippen molar-refractivity contribution < 1.29 is 19.1 Å². The number of amides is 3. The van der Waals surface area contributed by atoms with Crippen molar-refractivity contribution in [3.63, 3.8) is 0 Å². The number of hydrogen-bond donors (Lipinski definition) is 3. The summed E-state index contributed by atoms with van der Waals surface area (Å²) in [6.07, 6.45) is 7.15. The topological polar surface area (TPSA) is 102 Å². The number of nitrogens with zero attached hydrogens (tertiary/aromatic N) is 1. The van der Waals surface area contributed by atoms with Gasteiger partial charge in [0.25, 0.3) is 0 Å². The van der Waals surface area contributed by atoms with E-state index in [2.05, 4.69) is 27.9 Å². The first-order valence-electron chi connectivity index (χ1n) is 11.4. The number of carbonyl (C=O) groups is 2. The van der Waals surface area contributed by atoms with Crippen molar-refractivity contribution in [2.45, 2.75) is 63.5 Å². The number of rotatable bonds is 8. The number of nitrogens with one attached hydrogen (secondary N) is 3. The minimum Gasteiger partial charge on any atom is -0.487 e. The lowest BCUT2D eigenvalue weighted by atomic mass is 10.1. The second-order valence-corrected chi connectivity index (χ2v) is 8.58. The Morgan fingerprint density at radius 3 is 3.03 bits per heavy atom. The van der Waals surface area contributed by atoms with Gasteiger partial charge in [-0.3, -0.25) is 4.79 Å². The van der Waals surface area contributed by atoms with Gasteiger partial charge in [0.05, 0.1) is 12.0 Å². The number of fused-ring (bicyclic) bond motifs is 4. The lowest BCUT2D eigenvalue weighted by molar-refractivity contribution is -0.116. The molecule has 0 unspecified atom stereocenters. The van der Waals surface area contributed by atoms with Gasteiger partial charge in [0.1, 0.15) is 29.2 Å². The Balaban J connectivity index is 1.21. The molecule has 8 nitrogen and oxygen atoms in total. The second-order valence-electron chi connectivity index (χ2n) is 8.58. The molecule has 168 valence electrons. The molecule has 3 heterocycles. The molecule has 3 atom stereocenters.